The van der Waals surface area contributed by atoms with Gasteiger partial charge in [0.2, 0.25) is 5.65 Å². The molecule has 33 heavy (non-hydrogen) atoms. The molecule has 3 heterocycles. The number of halogens is 2. The predicted octanol–water partition coefficient (Wildman–Crippen LogP) is 2.30. The van der Waals surface area contributed by atoms with Crippen LogP contribution in [0.15, 0.2) is 12.1 Å². The van der Waals surface area contributed by atoms with Crippen LogP contribution in [0.4, 0.5) is 5.82 Å². The zero-order valence-electron chi connectivity index (χ0n) is 19.1. The molecule has 0 spiro atoms. The SMILES string of the molecule is COc1cc2c(cc1OCCN1CCOCC1)nc(NCCCCN)c1nnc(C)n12.Cl.Cl. The van der Waals surface area contributed by atoms with Crippen molar-refractivity contribution in [2.45, 2.75) is 19.8 Å². The van der Waals surface area contributed by atoms with Crippen molar-refractivity contribution < 1.29 is 14.2 Å². The van der Waals surface area contributed by atoms with E-state index in [1.807, 2.05) is 23.5 Å². The van der Waals surface area contributed by atoms with E-state index in [-0.39, 0.29) is 24.8 Å². The Kier molecular flexibility index (Phi) is 10.6. The van der Waals surface area contributed by atoms with Crippen LogP contribution in [0.5, 0.6) is 11.5 Å². The third-order valence-corrected chi connectivity index (χ3v) is 5.46. The molecule has 0 amide bonds. The molecule has 2 aromatic heterocycles. The molecule has 0 aliphatic carbocycles. The number of morpholine rings is 1. The number of nitrogens with two attached hydrogens (primary N) is 1. The van der Waals surface area contributed by atoms with Gasteiger partial charge in [0.15, 0.2) is 17.3 Å². The molecular weight excluding hydrogens is 469 g/mol. The minimum Gasteiger partial charge on any atom is -0.493 e. The number of nitrogens with zero attached hydrogens (tertiary/aromatic N) is 5. The number of ether oxygens (including phenoxy) is 3. The van der Waals surface area contributed by atoms with Crippen LogP contribution in [0, 0.1) is 6.92 Å². The number of fused-ring (bicyclic) bond motifs is 3. The Labute approximate surface area is 206 Å². The first kappa shape index (κ1) is 27.1. The molecule has 1 fully saturated rings. The molecule has 1 saturated heterocycles. The fourth-order valence-electron chi connectivity index (χ4n) is 3.76. The lowest BCUT2D eigenvalue weighted by molar-refractivity contribution is 0.0321. The Balaban J connectivity index is 0.00000193. The smallest absolute Gasteiger partial charge is 0.204 e. The van der Waals surface area contributed by atoms with E-state index >= 15 is 0 Å². The highest BCUT2D eigenvalue weighted by molar-refractivity contribution is 5.86. The molecule has 0 bridgehead atoms. The van der Waals surface area contributed by atoms with Gasteiger partial charge in [-0.25, -0.2) is 4.98 Å². The van der Waals surface area contributed by atoms with Crippen LogP contribution in [0.3, 0.4) is 0 Å². The fourth-order valence-corrected chi connectivity index (χ4v) is 3.76. The molecule has 1 aromatic carbocycles. The minimum atomic E-state index is 0. The lowest BCUT2D eigenvalue weighted by Gasteiger charge is -2.26. The van der Waals surface area contributed by atoms with Gasteiger partial charge in [0.05, 0.1) is 31.4 Å². The van der Waals surface area contributed by atoms with Crippen LogP contribution in [0.2, 0.25) is 0 Å². The second-order valence-corrected chi connectivity index (χ2v) is 7.58. The van der Waals surface area contributed by atoms with E-state index in [0.29, 0.717) is 36.1 Å². The number of unbranched alkanes of at least 4 members (excludes halogenated alkanes) is 1. The summed E-state index contributed by atoms with van der Waals surface area (Å²) in [7, 11) is 1.65. The quantitative estimate of drug-likeness (QED) is 0.404. The van der Waals surface area contributed by atoms with Crippen LogP contribution in [0.1, 0.15) is 18.7 Å². The number of methoxy groups -OCH3 is 1. The minimum absolute atomic E-state index is 0. The second kappa shape index (κ2) is 13.0. The summed E-state index contributed by atoms with van der Waals surface area (Å²) in [6.07, 6.45) is 1.93. The summed E-state index contributed by atoms with van der Waals surface area (Å²) in [5, 5.41) is 12.0. The molecule has 4 rings (SSSR count). The Morgan fingerprint density at radius 3 is 2.64 bits per heavy atom. The number of hydrogen-bond donors (Lipinski definition) is 2. The summed E-state index contributed by atoms with van der Waals surface area (Å²) < 4.78 is 19.1. The molecule has 0 radical (unpaired) electrons. The summed E-state index contributed by atoms with van der Waals surface area (Å²) in [6, 6.07) is 3.87. The Morgan fingerprint density at radius 1 is 1.12 bits per heavy atom. The maximum atomic E-state index is 6.09. The number of aromatic nitrogens is 4. The lowest BCUT2D eigenvalue weighted by atomic mass is 10.2. The van der Waals surface area contributed by atoms with E-state index < -0.39 is 0 Å². The summed E-state index contributed by atoms with van der Waals surface area (Å²) in [5.41, 5.74) is 7.97. The van der Waals surface area contributed by atoms with Gasteiger partial charge in [-0.15, -0.1) is 35.0 Å². The van der Waals surface area contributed by atoms with Gasteiger partial charge in [0.25, 0.3) is 0 Å². The van der Waals surface area contributed by atoms with Crippen LogP contribution in [-0.2, 0) is 4.74 Å². The van der Waals surface area contributed by atoms with Crippen LogP contribution in [-0.4, -0.2) is 84.1 Å². The molecule has 0 saturated carbocycles. The van der Waals surface area contributed by atoms with Gasteiger partial charge in [-0.05, 0) is 26.3 Å². The van der Waals surface area contributed by atoms with Crippen molar-refractivity contribution in [3.05, 3.63) is 18.0 Å². The number of benzene rings is 1. The standard InChI is InChI=1S/C21H31N7O3.2ClH/c1-15-25-26-21-20(23-6-4-3-5-22)24-16-13-19(18(29-2)14-17(16)28(15)21)31-12-9-27-7-10-30-11-8-27;;/h13-14H,3-12,22H2,1-2H3,(H,23,24);2*1H. The Hall–Kier alpha value is -2.11. The fraction of sp³-hybridized carbons (Fsp3) is 0.571. The number of anilines is 1. The first-order chi connectivity index (χ1) is 15.2. The van der Waals surface area contributed by atoms with Crippen LogP contribution < -0.4 is 20.5 Å². The van der Waals surface area contributed by atoms with Crippen LogP contribution in [0.25, 0.3) is 16.7 Å². The van der Waals surface area contributed by atoms with Gasteiger partial charge in [-0.3, -0.25) is 9.30 Å². The molecule has 10 nitrogen and oxygen atoms in total. The summed E-state index contributed by atoms with van der Waals surface area (Å²) in [5.74, 6) is 2.83. The molecule has 1 aliphatic rings. The topological polar surface area (TPSA) is 112 Å². The molecule has 3 N–H and O–H groups in total. The van der Waals surface area contributed by atoms with Crippen molar-refractivity contribution in [1.29, 1.82) is 0 Å². The second-order valence-electron chi connectivity index (χ2n) is 7.58. The van der Waals surface area contributed by atoms with Crippen molar-refractivity contribution in [2.75, 3.05) is 65.0 Å². The summed E-state index contributed by atoms with van der Waals surface area (Å²) in [6.45, 7) is 8.21. The Morgan fingerprint density at radius 2 is 1.91 bits per heavy atom. The van der Waals surface area contributed by atoms with Gasteiger partial charge in [-0.2, -0.15) is 0 Å². The third-order valence-electron chi connectivity index (χ3n) is 5.46. The number of aryl methyl sites for hydroxylation is 1. The largest absolute Gasteiger partial charge is 0.493 e. The number of hydrogen-bond acceptors (Lipinski definition) is 9. The van der Waals surface area contributed by atoms with Crippen molar-refractivity contribution >= 4 is 47.3 Å². The van der Waals surface area contributed by atoms with Gasteiger partial charge in [0.1, 0.15) is 12.4 Å². The predicted molar refractivity (Wildman–Crippen MR) is 134 cm³/mol. The van der Waals surface area contributed by atoms with E-state index in [1.54, 1.807) is 7.11 Å². The van der Waals surface area contributed by atoms with E-state index in [0.717, 1.165) is 69.1 Å². The number of nitrogens with one attached hydrogen (secondary N) is 1. The monoisotopic (exact) mass is 501 g/mol. The van der Waals surface area contributed by atoms with Crippen molar-refractivity contribution in [3.63, 3.8) is 0 Å². The zero-order valence-corrected chi connectivity index (χ0v) is 20.7. The van der Waals surface area contributed by atoms with E-state index in [9.17, 15) is 0 Å². The highest BCUT2D eigenvalue weighted by Crippen LogP contribution is 2.33. The van der Waals surface area contributed by atoms with Crippen molar-refractivity contribution in [2.24, 2.45) is 5.73 Å². The van der Waals surface area contributed by atoms with E-state index in [2.05, 4.69) is 20.4 Å². The average molecular weight is 502 g/mol. The highest BCUT2D eigenvalue weighted by Gasteiger charge is 2.17. The van der Waals surface area contributed by atoms with Crippen molar-refractivity contribution in [1.82, 2.24) is 24.5 Å². The lowest BCUT2D eigenvalue weighted by Crippen LogP contribution is -2.38. The summed E-state index contributed by atoms with van der Waals surface area (Å²) >= 11 is 0. The third kappa shape index (κ3) is 6.27. The molecule has 1 aliphatic heterocycles. The van der Waals surface area contributed by atoms with E-state index in [4.69, 9.17) is 24.9 Å². The maximum Gasteiger partial charge on any atom is 0.204 e. The Bertz CT molecular complexity index is 1030. The maximum absolute atomic E-state index is 6.09. The van der Waals surface area contributed by atoms with Gasteiger partial charge in [-0.1, -0.05) is 0 Å². The van der Waals surface area contributed by atoms with Crippen LogP contribution >= 0.6 is 24.8 Å². The average Bonchev–Trinajstić information content (AvgIpc) is 3.19. The molecule has 3 aromatic rings. The number of rotatable bonds is 10. The highest BCUT2D eigenvalue weighted by atomic mass is 35.5. The molecule has 12 heteroatoms. The van der Waals surface area contributed by atoms with Gasteiger partial charge in [0, 0.05) is 38.3 Å². The van der Waals surface area contributed by atoms with Crippen molar-refractivity contribution in [3.8, 4) is 11.5 Å². The molecule has 184 valence electrons. The van der Waals surface area contributed by atoms with E-state index in [1.165, 1.54) is 0 Å². The molecule has 0 atom stereocenters. The van der Waals surface area contributed by atoms with Gasteiger partial charge >= 0.3 is 0 Å². The summed E-state index contributed by atoms with van der Waals surface area (Å²) in [4.78, 5) is 7.16. The first-order valence-corrected chi connectivity index (χ1v) is 10.8. The zero-order chi connectivity index (χ0) is 21.6. The normalized spacial score (nSPS) is 14.0. The van der Waals surface area contributed by atoms with Gasteiger partial charge < -0.3 is 25.3 Å². The first-order valence-electron chi connectivity index (χ1n) is 10.8. The molecular formula is C21H33Cl2N7O3. The molecule has 0 unspecified atom stereocenters.